The van der Waals surface area contributed by atoms with Gasteiger partial charge in [-0.1, -0.05) is 26.0 Å². The molecule has 2 heteroatoms. The van der Waals surface area contributed by atoms with Crippen LogP contribution in [0.3, 0.4) is 0 Å². The van der Waals surface area contributed by atoms with Crippen LogP contribution >= 0.6 is 11.8 Å². The van der Waals surface area contributed by atoms with Crippen molar-refractivity contribution < 1.29 is 0 Å². The fraction of sp³-hybridized carbons (Fsp3) is 0.714. The van der Waals surface area contributed by atoms with Gasteiger partial charge in [0.25, 0.3) is 0 Å². The zero-order chi connectivity index (χ0) is 7.11. The van der Waals surface area contributed by atoms with E-state index in [1.807, 2.05) is 17.8 Å². The van der Waals surface area contributed by atoms with Gasteiger partial charge in [0.2, 0.25) is 0 Å². The summed E-state index contributed by atoms with van der Waals surface area (Å²) in [5, 5.41) is 0.729. The van der Waals surface area contributed by atoms with Crippen molar-refractivity contribution in [2.24, 2.45) is 5.73 Å². The molecule has 0 aliphatic heterocycles. The third-order valence-electron chi connectivity index (χ3n) is 0.829. The van der Waals surface area contributed by atoms with Gasteiger partial charge in [0.15, 0.2) is 0 Å². The molecule has 0 heterocycles. The third-order valence-corrected chi connectivity index (χ3v) is 1.88. The lowest BCUT2D eigenvalue weighted by Gasteiger charge is -1.98. The number of thioether (sulfide) groups is 1. The molecule has 0 atom stereocenters. The van der Waals surface area contributed by atoms with Gasteiger partial charge in [-0.3, -0.25) is 0 Å². The molecule has 0 rings (SSSR count). The second kappa shape index (κ2) is 6.17. The quantitative estimate of drug-likeness (QED) is 0.609. The third kappa shape index (κ3) is 8.05. The van der Waals surface area contributed by atoms with Crippen molar-refractivity contribution in [1.82, 2.24) is 0 Å². The van der Waals surface area contributed by atoms with Crippen molar-refractivity contribution in [2.75, 3.05) is 12.3 Å². The van der Waals surface area contributed by atoms with E-state index in [1.165, 1.54) is 0 Å². The lowest BCUT2D eigenvalue weighted by atomic mass is 10.5. The first-order chi connectivity index (χ1) is 4.27. The maximum absolute atomic E-state index is 5.25. The van der Waals surface area contributed by atoms with E-state index in [1.54, 1.807) is 0 Å². The lowest BCUT2D eigenvalue weighted by molar-refractivity contribution is 1.11. The molecule has 0 radical (unpaired) electrons. The van der Waals surface area contributed by atoms with Gasteiger partial charge in [-0.05, 0) is 5.25 Å². The lowest BCUT2D eigenvalue weighted by Crippen LogP contribution is -1.93. The van der Waals surface area contributed by atoms with Crippen LogP contribution in [0.5, 0.6) is 0 Å². The molecule has 9 heavy (non-hydrogen) atoms. The summed E-state index contributed by atoms with van der Waals surface area (Å²) in [6, 6.07) is 0. The number of hydrogen-bond acceptors (Lipinski definition) is 2. The second-order valence-corrected chi connectivity index (χ2v) is 3.70. The molecule has 0 aromatic carbocycles. The van der Waals surface area contributed by atoms with Crippen LogP contribution in [0.1, 0.15) is 13.8 Å². The minimum Gasteiger partial charge on any atom is -0.327 e. The van der Waals surface area contributed by atoms with Gasteiger partial charge in [0, 0.05) is 12.3 Å². The molecule has 0 amide bonds. The van der Waals surface area contributed by atoms with E-state index < -0.39 is 0 Å². The van der Waals surface area contributed by atoms with Crippen LogP contribution in [0.4, 0.5) is 0 Å². The molecule has 54 valence electrons. The average Bonchev–Trinajstić information content (AvgIpc) is 1.80. The first kappa shape index (κ1) is 9.05. The molecule has 0 unspecified atom stereocenters. The Morgan fingerprint density at radius 3 is 2.56 bits per heavy atom. The highest BCUT2D eigenvalue weighted by Gasteiger charge is 1.88. The topological polar surface area (TPSA) is 26.0 Å². The summed E-state index contributed by atoms with van der Waals surface area (Å²) in [6.45, 7) is 5.06. The predicted octanol–water partition coefficient (Wildman–Crippen LogP) is 1.64. The molecule has 2 N–H and O–H groups in total. The normalized spacial score (nSPS) is 11.6. The van der Waals surface area contributed by atoms with Gasteiger partial charge in [-0.2, -0.15) is 11.8 Å². The van der Waals surface area contributed by atoms with E-state index in [0.29, 0.717) is 6.54 Å². The molecule has 0 aromatic rings. The zero-order valence-corrected chi connectivity index (χ0v) is 6.95. The van der Waals surface area contributed by atoms with Gasteiger partial charge >= 0.3 is 0 Å². The van der Waals surface area contributed by atoms with Crippen LogP contribution in [-0.2, 0) is 0 Å². The molecule has 0 bridgehead atoms. The summed E-state index contributed by atoms with van der Waals surface area (Å²) in [5.41, 5.74) is 5.25. The van der Waals surface area contributed by atoms with Gasteiger partial charge < -0.3 is 5.73 Å². The van der Waals surface area contributed by atoms with E-state index in [2.05, 4.69) is 19.9 Å². The minimum atomic E-state index is 0.665. The highest BCUT2D eigenvalue weighted by atomic mass is 32.2. The Labute approximate surface area is 61.7 Å². The Morgan fingerprint density at radius 2 is 2.11 bits per heavy atom. The molecule has 0 fully saturated rings. The van der Waals surface area contributed by atoms with E-state index in [4.69, 9.17) is 5.73 Å². The summed E-state index contributed by atoms with van der Waals surface area (Å²) in [7, 11) is 0. The Bertz CT molecular complexity index is 79.0. The van der Waals surface area contributed by atoms with Crippen LogP contribution < -0.4 is 5.73 Å². The molecule has 0 spiro atoms. The Hall–Kier alpha value is 0.0500. The monoisotopic (exact) mass is 145 g/mol. The summed E-state index contributed by atoms with van der Waals surface area (Å²) >= 11 is 1.93. The largest absolute Gasteiger partial charge is 0.327 e. The Morgan fingerprint density at radius 1 is 1.44 bits per heavy atom. The van der Waals surface area contributed by atoms with Crippen LogP contribution in [-0.4, -0.2) is 17.5 Å². The highest BCUT2D eigenvalue weighted by molar-refractivity contribution is 7.99. The SMILES string of the molecule is CC(C)SC/C=C/CN. The van der Waals surface area contributed by atoms with Gasteiger partial charge in [0.1, 0.15) is 0 Å². The van der Waals surface area contributed by atoms with Crippen molar-refractivity contribution >= 4 is 11.8 Å². The molecular formula is C7H15NS. The smallest absolute Gasteiger partial charge is 0.0116 e. The van der Waals surface area contributed by atoms with Crippen LogP contribution in [0.15, 0.2) is 12.2 Å². The highest BCUT2D eigenvalue weighted by Crippen LogP contribution is 2.07. The number of nitrogens with two attached hydrogens (primary N) is 1. The fourth-order valence-electron chi connectivity index (χ4n) is 0.412. The van der Waals surface area contributed by atoms with E-state index in [0.717, 1.165) is 11.0 Å². The van der Waals surface area contributed by atoms with Crippen LogP contribution in [0, 0.1) is 0 Å². The van der Waals surface area contributed by atoms with Crippen molar-refractivity contribution in [3.63, 3.8) is 0 Å². The van der Waals surface area contributed by atoms with E-state index in [-0.39, 0.29) is 0 Å². The number of hydrogen-bond donors (Lipinski definition) is 1. The molecule has 1 nitrogen and oxygen atoms in total. The van der Waals surface area contributed by atoms with Crippen molar-refractivity contribution in [3.8, 4) is 0 Å². The summed E-state index contributed by atoms with van der Waals surface area (Å²) in [4.78, 5) is 0. The van der Waals surface area contributed by atoms with Crippen molar-refractivity contribution in [1.29, 1.82) is 0 Å². The average molecular weight is 145 g/mol. The Balaban J connectivity index is 2.99. The summed E-state index contributed by atoms with van der Waals surface area (Å²) < 4.78 is 0. The van der Waals surface area contributed by atoms with Gasteiger partial charge in [-0.25, -0.2) is 0 Å². The molecule has 0 aromatic heterocycles. The van der Waals surface area contributed by atoms with E-state index in [9.17, 15) is 0 Å². The standard InChI is InChI=1S/C7H15NS/c1-7(2)9-6-4-3-5-8/h3-4,7H,5-6,8H2,1-2H3/b4-3+. The van der Waals surface area contributed by atoms with E-state index >= 15 is 0 Å². The minimum absolute atomic E-state index is 0.665. The fourth-order valence-corrected chi connectivity index (χ4v) is 1.04. The number of rotatable bonds is 4. The summed E-state index contributed by atoms with van der Waals surface area (Å²) in [6.07, 6.45) is 4.11. The predicted molar refractivity (Wildman–Crippen MR) is 45.8 cm³/mol. The van der Waals surface area contributed by atoms with Crippen molar-refractivity contribution in [3.05, 3.63) is 12.2 Å². The maximum atomic E-state index is 5.25. The van der Waals surface area contributed by atoms with Crippen molar-refractivity contribution in [2.45, 2.75) is 19.1 Å². The molecule has 0 aliphatic carbocycles. The summed E-state index contributed by atoms with van der Waals surface area (Å²) in [5.74, 6) is 1.09. The second-order valence-electron chi connectivity index (χ2n) is 2.09. The molecule has 0 aliphatic rings. The molecule has 0 saturated heterocycles. The first-order valence-electron chi connectivity index (χ1n) is 3.24. The van der Waals surface area contributed by atoms with Crippen LogP contribution in [0.2, 0.25) is 0 Å². The molecular weight excluding hydrogens is 130 g/mol. The maximum Gasteiger partial charge on any atom is 0.0116 e. The van der Waals surface area contributed by atoms with Crippen LogP contribution in [0.25, 0.3) is 0 Å². The zero-order valence-electron chi connectivity index (χ0n) is 6.13. The Kier molecular flexibility index (Phi) is 6.21. The molecule has 0 saturated carbocycles. The van der Waals surface area contributed by atoms with Gasteiger partial charge in [-0.15, -0.1) is 0 Å². The van der Waals surface area contributed by atoms with Gasteiger partial charge in [0.05, 0.1) is 0 Å². The first-order valence-corrected chi connectivity index (χ1v) is 4.29.